The van der Waals surface area contributed by atoms with Crippen LogP contribution in [0.2, 0.25) is 0 Å². The Kier molecular flexibility index (Phi) is 6.79. The number of amides is 2. The summed E-state index contributed by atoms with van der Waals surface area (Å²) in [5.41, 5.74) is 7.24. The van der Waals surface area contributed by atoms with Crippen molar-refractivity contribution >= 4 is 29.0 Å². The molecule has 1 aromatic carbocycles. The molecule has 11 heteroatoms. The van der Waals surface area contributed by atoms with E-state index >= 15 is 0 Å². The molecule has 0 saturated carbocycles. The maximum atomic E-state index is 14.3. The number of aromatic nitrogens is 3. The quantitative estimate of drug-likeness (QED) is 0.474. The van der Waals surface area contributed by atoms with Crippen LogP contribution in [0.5, 0.6) is 0 Å². The van der Waals surface area contributed by atoms with Crippen LogP contribution < -0.4 is 16.4 Å². The number of carbonyl (C=O) groups excluding carboxylic acids is 2. The third kappa shape index (κ3) is 5.63. The van der Waals surface area contributed by atoms with Crippen LogP contribution in [0.4, 0.5) is 21.6 Å². The molecule has 3 heterocycles. The monoisotopic (exact) mass is 453 g/mol. The van der Waals surface area contributed by atoms with Gasteiger partial charge in [0.25, 0.3) is 0 Å². The van der Waals surface area contributed by atoms with Crippen LogP contribution in [0, 0.1) is 5.82 Å². The zero-order valence-electron chi connectivity index (χ0n) is 17.8. The van der Waals surface area contributed by atoms with Gasteiger partial charge >= 0.3 is 0 Å². The number of morpholine rings is 1. The molecule has 1 aliphatic heterocycles. The van der Waals surface area contributed by atoms with Crippen molar-refractivity contribution in [3.63, 3.8) is 0 Å². The molecule has 2 amide bonds. The normalized spacial score (nSPS) is 13.5. The molecule has 172 valence electrons. The van der Waals surface area contributed by atoms with Gasteiger partial charge in [0.15, 0.2) is 5.82 Å². The predicted molar refractivity (Wildman–Crippen MR) is 119 cm³/mol. The molecule has 0 atom stereocenters. The number of pyridine rings is 1. The predicted octanol–water partition coefficient (Wildman–Crippen LogP) is 1.73. The number of nitrogens with zero attached hydrogens (tertiary/aromatic N) is 4. The van der Waals surface area contributed by atoms with E-state index in [1.807, 2.05) is 0 Å². The van der Waals surface area contributed by atoms with Gasteiger partial charge in [-0.15, -0.1) is 0 Å². The Hall–Kier alpha value is -3.99. The van der Waals surface area contributed by atoms with Crippen LogP contribution in [-0.4, -0.2) is 57.8 Å². The molecule has 4 rings (SSSR count). The lowest BCUT2D eigenvalue weighted by molar-refractivity contribution is -0.136. The van der Waals surface area contributed by atoms with E-state index < -0.39 is 11.7 Å². The van der Waals surface area contributed by atoms with Crippen LogP contribution in [0.15, 0.2) is 48.9 Å². The van der Waals surface area contributed by atoms with E-state index in [1.165, 1.54) is 10.7 Å². The summed E-state index contributed by atoms with van der Waals surface area (Å²) >= 11 is 0. The zero-order valence-corrected chi connectivity index (χ0v) is 17.8. The van der Waals surface area contributed by atoms with Crippen molar-refractivity contribution in [2.45, 2.75) is 13.1 Å². The molecule has 0 unspecified atom stereocenters. The number of halogens is 1. The van der Waals surface area contributed by atoms with E-state index in [-0.39, 0.29) is 24.7 Å². The van der Waals surface area contributed by atoms with Crippen LogP contribution >= 0.6 is 0 Å². The molecule has 0 radical (unpaired) electrons. The summed E-state index contributed by atoms with van der Waals surface area (Å²) in [5.74, 6) is -0.727. The lowest BCUT2D eigenvalue weighted by atomic mass is 10.1. The van der Waals surface area contributed by atoms with E-state index in [4.69, 9.17) is 10.5 Å². The summed E-state index contributed by atoms with van der Waals surface area (Å²) in [5, 5.41) is 10.2. The minimum atomic E-state index is -0.547. The van der Waals surface area contributed by atoms with Crippen molar-refractivity contribution in [1.82, 2.24) is 19.7 Å². The highest BCUT2D eigenvalue weighted by atomic mass is 19.1. The fraction of sp³-hybridized carbons (Fsp3) is 0.273. The van der Waals surface area contributed by atoms with Crippen molar-refractivity contribution in [2.75, 3.05) is 36.9 Å². The molecule has 1 aliphatic rings. The zero-order chi connectivity index (χ0) is 23.2. The summed E-state index contributed by atoms with van der Waals surface area (Å²) in [4.78, 5) is 29.7. The Balaban J connectivity index is 1.39. The molecule has 10 nitrogen and oxygen atoms in total. The standard InChI is InChI=1S/C22H24FN7O3/c23-18-12-26-20(9-19(18)25-10-15-3-1-2-4-17(15)22(24)32)28-16-11-27-30(13-16)14-21(31)29-5-7-33-8-6-29/h1-4,9,11-13H,5-8,10,14H2,(H2,24,32)(H2,25,26,28). The fourth-order valence-electron chi connectivity index (χ4n) is 3.46. The lowest BCUT2D eigenvalue weighted by Crippen LogP contribution is -2.42. The smallest absolute Gasteiger partial charge is 0.249 e. The van der Waals surface area contributed by atoms with Crippen molar-refractivity contribution in [2.24, 2.45) is 5.73 Å². The molecule has 0 aliphatic carbocycles. The Morgan fingerprint density at radius 2 is 1.97 bits per heavy atom. The van der Waals surface area contributed by atoms with Crippen LogP contribution in [0.1, 0.15) is 15.9 Å². The van der Waals surface area contributed by atoms with Gasteiger partial charge in [-0.3, -0.25) is 14.3 Å². The number of anilines is 3. The Morgan fingerprint density at radius 1 is 1.18 bits per heavy atom. The first-order valence-electron chi connectivity index (χ1n) is 10.4. The molecule has 1 saturated heterocycles. The maximum absolute atomic E-state index is 14.3. The molecule has 4 N–H and O–H groups in total. The van der Waals surface area contributed by atoms with Crippen LogP contribution in [-0.2, 0) is 22.6 Å². The summed E-state index contributed by atoms with van der Waals surface area (Å²) in [6.07, 6.45) is 4.34. The van der Waals surface area contributed by atoms with E-state index in [1.54, 1.807) is 41.6 Å². The second-order valence-corrected chi connectivity index (χ2v) is 7.47. The first kappa shape index (κ1) is 22.2. The number of hydrogen-bond donors (Lipinski definition) is 3. The van der Waals surface area contributed by atoms with Gasteiger partial charge in [0.1, 0.15) is 12.4 Å². The number of nitrogens with two attached hydrogens (primary N) is 1. The third-order valence-corrected chi connectivity index (χ3v) is 5.17. The van der Waals surface area contributed by atoms with E-state index in [2.05, 4.69) is 20.7 Å². The van der Waals surface area contributed by atoms with Crippen molar-refractivity contribution in [1.29, 1.82) is 0 Å². The van der Waals surface area contributed by atoms with Crippen LogP contribution in [0.25, 0.3) is 0 Å². The number of benzene rings is 1. The molecule has 3 aromatic rings. The summed E-state index contributed by atoms with van der Waals surface area (Å²) < 4.78 is 21.1. The van der Waals surface area contributed by atoms with E-state index in [0.717, 1.165) is 6.20 Å². The number of rotatable bonds is 8. The first-order valence-corrected chi connectivity index (χ1v) is 10.4. The highest BCUT2D eigenvalue weighted by Gasteiger charge is 2.17. The molecule has 1 fully saturated rings. The molecule has 2 aromatic heterocycles. The maximum Gasteiger partial charge on any atom is 0.249 e. The number of primary amides is 1. The SMILES string of the molecule is NC(=O)c1ccccc1CNc1cc(Nc2cnn(CC(=O)N3CCOCC3)c2)ncc1F. The van der Waals surface area contributed by atoms with Gasteiger partial charge in [-0.05, 0) is 11.6 Å². The third-order valence-electron chi connectivity index (χ3n) is 5.17. The van der Waals surface area contributed by atoms with Gasteiger partial charge in [-0.2, -0.15) is 5.10 Å². The van der Waals surface area contributed by atoms with E-state index in [9.17, 15) is 14.0 Å². The first-order chi connectivity index (χ1) is 16.0. The minimum absolute atomic E-state index is 0.0319. The molecule has 33 heavy (non-hydrogen) atoms. The summed E-state index contributed by atoms with van der Waals surface area (Å²) in [6, 6.07) is 8.38. The second-order valence-electron chi connectivity index (χ2n) is 7.47. The average Bonchev–Trinajstić information content (AvgIpc) is 3.26. The molecule has 0 bridgehead atoms. The number of hydrogen-bond acceptors (Lipinski definition) is 7. The molecular formula is C22H24FN7O3. The Labute approximate surface area is 189 Å². The molecular weight excluding hydrogens is 429 g/mol. The Morgan fingerprint density at radius 3 is 2.76 bits per heavy atom. The van der Waals surface area contributed by atoms with E-state index in [0.29, 0.717) is 48.9 Å². The van der Waals surface area contributed by atoms with Crippen molar-refractivity contribution in [3.05, 3.63) is 65.9 Å². The summed E-state index contributed by atoms with van der Waals surface area (Å²) in [6.45, 7) is 2.55. The van der Waals surface area contributed by atoms with Crippen LogP contribution in [0.3, 0.4) is 0 Å². The van der Waals surface area contributed by atoms with Crippen molar-refractivity contribution in [3.8, 4) is 0 Å². The molecule has 0 spiro atoms. The largest absolute Gasteiger partial charge is 0.378 e. The van der Waals surface area contributed by atoms with Gasteiger partial charge in [-0.1, -0.05) is 18.2 Å². The van der Waals surface area contributed by atoms with Gasteiger partial charge in [0.2, 0.25) is 11.8 Å². The number of nitrogens with one attached hydrogen (secondary N) is 2. The number of carbonyl (C=O) groups is 2. The van der Waals surface area contributed by atoms with Gasteiger partial charge in [0, 0.05) is 37.5 Å². The number of ether oxygens (including phenoxy) is 1. The van der Waals surface area contributed by atoms with Gasteiger partial charge < -0.3 is 26.0 Å². The fourth-order valence-corrected chi connectivity index (χ4v) is 3.46. The second kappa shape index (κ2) is 10.1. The van der Waals surface area contributed by atoms with Gasteiger partial charge in [-0.25, -0.2) is 9.37 Å². The minimum Gasteiger partial charge on any atom is -0.378 e. The summed E-state index contributed by atoms with van der Waals surface area (Å²) in [7, 11) is 0. The lowest BCUT2D eigenvalue weighted by Gasteiger charge is -2.26. The Bertz CT molecular complexity index is 1140. The highest BCUT2D eigenvalue weighted by Crippen LogP contribution is 2.21. The highest BCUT2D eigenvalue weighted by molar-refractivity contribution is 5.94. The van der Waals surface area contributed by atoms with Gasteiger partial charge in [0.05, 0.1) is 37.0 Å². The topological polar surface area (TPSA) is 127 Å². The average molecular weight is 453 g/mol. The van der Waals surface area contributed by atoms with Crippen molar-refractivity contribution < 1.29 is 18.7 Å².